The number of aliphatic hydroxyl groups excluding tert-OH is 2. The van der Waals surface area contributed by atoms with Crippen molar-refractivity contribution in [1.29, 1.82) is 0 Å². The second-order valence-corrected chi connectivity index (χ2v) is 3.38. The summed E-state index contributed by atoms with van der Waals surface area (Å²) in [4.78, 5) is 0. The van der Waals surface area contributed by atoms with Crippen molar-refractivity contribution in [2.24, 2.45) is 5.92 Å². The van der Waals surface area contributed by atoms with Gasteiger partial charge in [0.15, 0.2) is 0 Å². The molecule has 0 aliphatic heterocycles. The van der Waals surface area contributed by atoms with Crippen LogP contribution in [0.5, 0.6) is 0 Å². The van der Waals surface area contributed by atoms with Crippen molar-refractivity contribution in [3.63, 3.8) is 0 Å². The molecular weight excluding hydrogens is 140 g/mol. The molecule has 0 bridgehead atoms. The van der Waals surface area contributed by atoms with Crippen molar-refractivity contribution in [3.8, 4) is 0 Å². The van der Waals surface area contributed by atoms with E-state index < -0.39 is 0 Å². The monoisotopic (exact) mass is 160 g/mol. The molecule has 0 aliphatic carbocycles. The molecule has 2 N–H and O–H groups in total. The predicted molar refractivity (Wildman–Crippen MR) is 46.4 cm³/mol. The Bertz CT molecular complexity index is 91.6. The first-order valence-corrected chi connectivity index (χ1v) is 4.44. The van der Waals surface area contributed by atoms with E-state index in [-0.39, 0.29) is 12.2 Å². The molecule has 0 aromatic heterocycles. The SMILES string of the molecule is CCC(C)C(O)CCC(C)O. The summed E-state index contributed by atoms with van der Waals surface area (Å²) >= 11 is 0. The van der Waals surface area contributed by atoms with E-state index in [1.807, 2.05) is 6.92 Å². The zero-order valence-corrected chi connectivity index (χ0v) is 7.75. The molecule has 2 nitrogen and oxygen atoms in total. The third-order valence-electron chi connectivity index (χ3n) is 2.18. The molecule has 0 rings (SSSR count). The maximum Gasteiger partial charge on any atom is 0.0566 e. The van der Waals surface area contributed by atoms with Crippen molar-refractivity contribution in [2.75, 3.05) is 0 Å². The van der Waals surface area contributed by atoms with Crippen LogP contribution in [-0.4, -0.2) is 22.4 Å². The fourth-order valence-electron chi connectivity index (χ4n) is 0.969. The van der Waals surface area contributed by atoms with Crippen LogP contribution in [0.4, 0.5) is 0 Å². The third-order valence-corrected chi connectivity index (χ3v) is 2.18. The molecule has 2 heteroatoms. The Kier molecular flexibility index (Phi) is 5.51. The van der Waals surface area contributed by atoms with Crippen molar-refractivity contribution in [1.82, 2.24) is 0 Å². The first-order chi connectivity index (χ1) is 5.07. The Morgan fingerprint density at radius 2 is 1.64 bits per heavy atom. The van der Waals surface area contributed by atoms with E-state index in [9.17, 15) is 5.11 Å². The second-order valence-electron chi connectivity index (χ2n) is 3.38. The summed E-state index contributed by atoms with van der Waals surface area (Å²) in [6.07, 6.45) is 1.89. The topological polar surface area (TPSA) is 40.5 Å². The molecule has 0 heterocycles. The maximum absolute atomic E-state index is 9.46. The minimum atomic E-state index is -0.284. The summed E-state index contributed by atoms with van der Waals surface area (Å²) in [6.45, 7) is 5.85. The first-order valence-electron chi connectivity index (χ1n) is 4.44. The summed E-state index contributed by atoms with van der Waals surface area (Å²) in [7, 11) is 0. The summed E-state index contributed by atoms with van der Waals surface area (Å²) in [5.41, 5.74) is 0. The molecule has 0 aromatic carbocycles. The fraction of sp³-hybridized carbons (Fsp3) is 1.00. The van der Waals surface area contributed by atoms with Gasteiger partial charge in [0.25, 0.3) is 0 Å². The molecule has 0 saturated carbocycles. The lowest BCUT2D eigenvalue weighted by atomic mass is 9.97. The standard InChI is InChI=1S/C9H20O2/c1-4-7(2)9(11)6-5-8(3)10/h7-11H,4-6H2,1-3H3. The highest BCUT2D eigenvalue weighted by atomic mass is 16.3. The molecule has 11 heavy (non-hydrogen) atoms. The minimum Gasteiger partial charge on any atom is -0.393 e. The lowest BCUT2D eigenvalue weighted by molar-refractivity contribution is 0.0827. The molecule has 0 spiro atoms. The van der Waals surface area contributed by atoms with Crippen LogP contribution in [0.25, 0.3) is 0 Å². The molecule has 0 fully saturated rings. The van der Waals surface area contributed by atoms with Gasteiger partial charge in [0.05, 0.1) is 12.2 Å². The average Bonchev–Trinajstić information content (AvgIpc) is 1.98. The molecule has 3 atom stereocenters. The summed E-state index contributed by atoms with van der Waals surface area (Å²) in [5, 5.41) is 18.4. The van der Waals surface area contributed by atoms with Gasteiger partial charge in [-0.25, -0.2) is 0 Å². The van der Waals surface area contributed by atoms with Gasteiger partial charge in [0.2, 0.25) is 0 Å². The number of aliphatic hydroxyl groups is 2. The van der Waals surface area contributed by atoms with Gasteiger partial charge >= 0.3 is 0 Å². The summed E-state index contributed by atoms with van der Waals surface area (Å²) < 4.78 is 0. The highest BCUT2D eigenvalue weighted by molar-refractivity contribution is 4.64. The van der Waals surface area contributed by atoms with E-state index in [0.29, 0.717) is 18.8 Å². The van der Waals surface area contributed by atoms with Crippen LogP contribution in [0.2, 0.25) is 0 Å². The van der Waals surface area contributed by atoms with Gasteiger partial charge < -0.3 is 10.2 Å². The molecule has 68 valence electrons. The smallest absolute Gasteiger partial charge is 0.0566 e. The zero-order chi connectivity index (χ0) is 8.85. The van der Waals surface area contributed by atoms with Crippen molar-refractivity contribution in [2.45, 2.75) is 52.2 Å². The average molecular weight is 160 g/mol. The Balaban J connectivity index is 3.43. The van der Waals surface area contributed by atoms with Gasteiger partial charge in [-0.15, -0.1) is 0 Å². The Morgan fingerprint density at radius 1 is 1.09 bits per heavy atom. The highest BCUT2D eigenvalue weighted by Gasteiger charge is 2.12. The highest BCUT2D eigenvalue weighted by Crippen LogP contribution is 2.13. The van der Waals surface area contributed by atoms with E-state index in [2.05, 4.69) is 6.92 Å². The fourth-order valence-corrected chi connectivity index (χ4v) is 0.969. The van der Waals surface area contributed by atoms with Crippen LogP contribution >= 0.6 is 0 Å². The molecule has 0 aromatic rings. The molecule has 0 radical (unpaired) electrons. The van der Waals surface area contributed by atoms with Crippen LogP contribution in [0.1, 0.15) is 40.0 Å². The molecule has 0 aliphatic rings. The van der Waals surface area contributed by atoms with Gasteiger partial charge in [-0.3, -0.25) is 0 Å². The van der Waals surface area contributed by atoms with Crippen LogP contribution in [-0.2, 0) is 0 Å². The van der Waals surface area contributed by atoms with Gasteiger partial charge in [0.1, 0.15) is 0 Å². The van der Waals surface area contributed by atoms with Crippen LogP contribution in [0.3, 0.4) is 0 Å². The third kappa shape index (κ3) is 5.22. The van der Waals surface area contributed by atoms with Crippen molar-refractivity contribution in [3.05, 3.63) is 0 Å². The molecule has 0 saturated heterocycles. The Hall–Kier alpha value is -0.0800. The first kappa shape index (κ1) is 10.9. The predicted octanol–water partition coefficient (Wildman–Crippen LogP) is 1.55. The largest absolute Gasteiger partial charge is 0.393 e. The Labute approximate surface area is 69.2 Å². The maximum atomic E-state index is 9.46. The number of rotatable bonds is 5. The van der Waals surface area contributed by atoms with E-state index in [1.165, 1.54) is 0 Å². The number of hydrogen-bond donors (Lipinski definition) is 2. The Morgan fingerprint density at radius 3 is 2.00 bits per heavy atom. The molecular formula is C9H20O2. The zero-order valence-electron chi connectivity index (χ0n) is 7.75. The molecule has 3 unspecified atom stereocenters. The van der Waals surface area contributed by atoms with E-state index in [1.54, 1.807) is 6.92 Å². The quantitative estimate of drug-likeness (QED) is 0.640. The van der Waals surface area contributed by atoms with Crippen LogP contribution in [0.15, 0.2) is 0 Å². The summed E-state index contributed by atoms with van der Waals surface area (Å²) in [5.74, 6) is 0.355. The normalized spacial score (nSPS) is 19.4. The van der Waals surface area contributed by atoms with Gasteiger partial charge in [-0.2, -0.15) is 0 Å². The van der Waals surface area contributed by atoms with Crippen LogP contribution in [0, 0.1) is 5.92 Å². The van der Waals surface area contributed by atoms with E-state index in [4.69, 9.17) is 5.11 Å². The van der Waals surface area contributed by atoms with Crippen LogP contribution < -0.4 is 0 Å². The van der Waals surface area contributed by atoms with Crippen molar-refractivity contribution < 1.29 is 10.2 Å². The van der Waals surface area contributed by atoms with Crippen molar-refractivity contribution >= 4 is 0 Å². The lowest BCUT2D eigenvalue weighted by Crippen LogP contribution is -2.18. The second kappa shape index (κ2) is 5.56. The molecule has 0 amide bonds. The van der Waals surface area contributed by atoms with E-state index >= 15 is 0 Å². The van der Waals surface area contributed by atoms with Gasteiger partial charge in [0, 0.05) is 0 Å². The van der Waals surface area contributed by atoms with Gasteiger partial charge in [-0.1, -0.05) is 20.3 Å². The minimum absolute atomic E-state index is 0.241. The van der Waals surface area contributed by atoms with E-state index in [0.717, 1.165) is 6.42 Å². The summed E-state index contributed by atoms with van der Waals surface area (Å²) in [6, 6.07) is 0. The number of hydrogen-bond acceptors (Lipinski definition) is 2. The lowest BCUT2D eigenvalue weighted by Gasteiger charge is -2.17. The van der Waals surface area contributed by atoms with Gasteiger partial charge in [-0.05, 0) is 25.7 Å².